The second-order valence-corrected chi connectivity index (χ2v) is 5.16. The van der Waals surface area contributed by atoms with Crippen LogP contribution in [0.2, 0.25) is 0 Å². The molecule has 8 nitrogen and oxygen atoms in total. The van der Waals surface area contributed by atoms with Gasteiger partial charge < -0.3 is 5.32 Å². The third kappa shape index (κ3) is 2.77. The molecule has 1 N–H and O–H groups in total. The van der Waals surface area contributed by atoms with Crippen molar-refractivity contribution in [2.45, 2.75) is 33.7 Å². The van der Waals surface area contributed by atoms with Crippen molar-refractivity contribution in [2.24, 2.45) is 0 Å². The maximum absolute atomic E-state index is 11.0. The van der Waals surface area contributed by atoms with Crippen molar-refractivity contribution in [1.82, 2.24) is 19.4 Å². The smallest absolute Gasteiger partial charge is 0.312 e. The molecule has 0 fully saturated rings. The maximum atomic E-state index is 11.0. The van der Waals surface area contributed by atoms with Gasteiger partial charge in [-0.25, -0.2) is 0 Å². The second-order valence-electron chi connectivity index (χ2n) is 4.41. The predicted octanol–water partition coefficient (Wildman–Crippen LogP) is 2.13. The average Bonchev–Trinajstić information content (AvgIpc) is 2.92. The van der Waals surface area contributed by atoms with Crippen LogP contribution in [0.15, 0.2) is 0 Å². The van der Waals surface area contributed by atoms with E-state index in [1.54, 1.807) is 18.5 Å². The molecule has 0 aliphatic rings. The molecule has 0 bridgehead atoms. The molecule has 2 rings (SSSR count). The maximum Gasteiger partial charge on any atom is 0.312 e. The van der Waals surface area contributed by atoms with Crippen LogP contribution in [0, 0.1) is 24.0 Å². The van der Waals surface area contributed by atoms with Crippen molar-refractivity contribution in [3.05, 3.63) is 27.2 Å². The minimum atomic E-state index is -0.399. The molecule has 9 heteroatoms. The summed E-state index contributed by atoms with van der Waals surface area (Å²) < 4.78 is 5.52. The Bertz CT molecular complexity index is 620. The summed E-state index contributed by atoms with van der Waals surface area (Å²) in [6.45, 7) is 6.62. The lowest BCUT2D eigenvalue weighted by molar-refractivity contribution is -0.386. The SMILES string of the molecule is CCCNc1snnc1Cn1nc(C)c([N+](=O)[O-])c1C. The highest BCUT2D eigenvalue weighted by atomic mass is 32.1. The number of nitro groups is 1. The molecule has 0 aliphatic carbocycles. The Labute approximate surface area is 120 Å². The molecule has 0 atom stereocenters. The first-order valence-corrected chi connectivity index (χ1v) is 7.05. The normalized spacial score (nSPS) is 10.8. The van der Waals surface area contributed by atoms with Gasteiger partial charge in [-0.05, 0) is 20.3 Å². The van der Waals surface area contributed by atoms with Crippen molar-refractivity contribution in [1.29, 1.82) is 0 Å². The van der Waals surface area contributed by atoms with E-state index >= 15 is 0 Å². The van der Waals surface area contributed by atoms with Crippen LogP contribution in [0.25, 0.3) is 0 Å². The number of nitrogens with one attached hydrogen (secondary N) is 1. The monoisotopic (exact) mass is 296 g/mol. The Morgan fingerprint density at radius 1 is 1.45 bits per heavy atom. The summed E-state index contributed by atoms with van der Waals surface area (Å²) in [5.74, 6) is 0. The van der Waals surface area contributed by atoms with Crippen LogP contribution in [-0.2, 0) is 6.54 Å². The zero-order chi connectivity index (χ0) is 14.7. The van der Waals surface area contributed by atoms with E-state index in [4.69, 9.17) is 0 Å². The zero-order valence-electron chi connectivity index (χ0n) is 11.6. The van der Waals surface area contributed by atoms with Crippen molar-refractivity contribution in [3.8, 4) is 0 Å². The van der Waals surface area contributed by atoms with Gasteiger partial charge in [0.25, 0.3) is 0 Å². The fraction of sp³-hybridized carbons (Fsp3) is 0.545. The standard InChI is InChI=1S/C11H16N6O2S/c1-4-5-12-11-9(13-15-20-11)6-16-8(3)10(17(18)19)7(2)14-16/h12H,4-6H2,1-3H3. The van der Waals surface area contributed by atoms with Crippen molar-refractivity contribution >= 4 is 22.2 Å². The van der Waals surface area contributed by atoms with E-state index in [0.717, 1.165) is 23.7 Å². The molecule has 0 aromatic carbocycles. The molecule has 2 aromatic heterocycles. The van der Waals surface area contributed by atoms with Crippen LogP contribution in [0.1, 0.15) is 30.4 Å². The summed E-state index contributed by atoms with van der Waals surface area (Å²) in [7, 11) is 0. The lowest BCUT2D eigenvalue weighted by atomic mass is 10.3. The summed E-state index contributed by atoms with van der Waals surface area (Å²) in [6.07, 6.45) is 1.00. The molecular weight excluding hydrogens is 280 g/mol. The average molecular weight is 296 g/mol. The summed E-state index contributed by atoms with van der Waals surface area (Å²) in [4.78, 5) is 10.6. The van der Waals surface area contributed by atoms with E-state index in [2.05, 4.69) is 26.9 Å². The Morgan fingerprint density at radius 3 is 2.80 bits per heavy atom. The second kappa shape index (κ2) is 5.95. The van der Waals surface area contributed by atoms with Crippen LogP contribution in [0.3, 0.4) is 0 Å². The lowest BCUT2D eigenvalue weighted by Crippen LogP contribution is -2.08. The van der Waals surface area contributed by atoms with Gasteiger partial charge in [-0.3, -0.25) is 14.8 Å². The van der Waals surface area contributed by atoms with Crippen LogP contribution in [-0.4, -0.2) is 30.8 Å². The van der Waals surface area contributed by atoms with Gasteiger partial charge in [-0.2, -0.15) is 5.10 Å². The van der Waals surface area contributed by atoms with Gasteiger partial charge in [0.15, 0.2) is 0 Å². The Balaban J connectivity index is 2.25. The van der Waals surface area contributed by atoms with Crippen molar-refractivity contribution < 1.29 is 4.92 Å². The number of anilines is 1. The third-order valence-electron chi connectivity index (χ3n) is 2.92. The lowest BCUT2D eigenvalue weighted by Gasteiger charge is -2.04. The van der Waals surface area contributed by atoms with E-state index in [0.29, 0.717) is 17.9 Å². The predicted molar refractivity (Wildman–Crippen MR) is 76.1 cm³/mol. The van der Waals surface area contributed by atoms with Crippen LogP contribution in [0.4, 0.5) is 10.7 Å². The molecule has 0 amide bonds. The van der Waals surface area contributed by atoms with Crippen LogP contribution in [0.5, 0.6) is 0 Å². The van der Waals surface area contributed by atoms with Crippen molar-refractivity contribution in [3.63, 3.8) is 0 Å². The molecule has 0 saturated carbocycles. The van der Waals surface area contributed by atoms with Crippen molar-refractivity contribution in [2.75, 3.05) is 11.9 Å². The highest BCUT2D eigenvalue weighted by Crippen LogP contribution is 2.24. The Morgan fingerprint density at radius 2 is 2.20 bits per heavy atom. The summed E-state index contributed by atoms with van der Waals surface area (Å²) in [5.41, 5.74) is 1.76. The molecule has 0 saturated heterocycles. The molecule has 2 heterocycles. The molecule has 0 unspecified atom stereocenters. The molecule has 0 radical (unpaired) electrons. The summed E-state index contributed by atoms with van der Waals surface area (Å²) in [5, 5.41) is 23.4. The number of nitrogens with zero attached hydrogens (tertiary/aromatic N) is 5. The van der Waals surface area contributed by atoms with E-state index in [1.165, 1.54) is 11.5 Å². The van der Waals surface area contributed by atoms with E-state index < -0.39 is 4.92 Å². The minimum absolute atomic E-state index is 0.0660. The number of hydrogen-bond donors (Lipinski definition) is 1. The number of aromatic nitrogens is 4. The fourth-order valence-corrected chi connectivity index (χ4v) is 2.53. The van der Waals surface area contributed by atoms with Gasteiger partial charge in [0, 0.05) is 18.1 Å². The Kier molecular flexibility index (Phi) is 4.28. The van der Waals surface area contributed by atoms with Gasteiger partial charge in [0.05, 0.1) is 11.5 Å². The molecular formula is C11H16N6O2S. The highest BCUT2D eigenvalue weighted by molar-refractivity contribution is 7.10. The van der Waals surface area contributed by atoms with Crippen LogP contribution >= 0.6 is 11.5 Å². The minimum Gasteiger partial charge on any atom is -0.374 e. The van der Waals surface area contributed by atoms with Crippen LogP contribution < -0.4 is 5.32 Å². The third-order valence-corrected chi connectivity index (χ3v) is 3.64. The topological polar surface area (TPSA) is 98.8 Å². The number of hydrogen-bond acceptors (Lipinski definition) is 7. The molecule has 20 heavy (non-hydrogen) atoms. The highest BCUT2D eigenvalue weighted by Gasteiger charge is 2.22. The van der Waals surface area contributed by atoms with E-state index in [9.17, 15) is 10.1 Å². The molecule has 108 valence electrons. The summed E-state index contributed by atoms with van der Waals surface area (Å²) in [6, 6.07) is 0. The Hall–Kier alpha value is -2.03. The first kappa shape index (κ1) is 14.4. The quantitative estimate of drug-likeness (QED) is 0.647. The van der Waals surface area contributed by atoms with Gasteiger partial charge >= 0.3 is 5.69 Å². The summed E-state index contributed by atoms with van der Waals surface area (Å²) >= 11 is 1.28. The molecule has 2 aromatic rings. The first-order chi connectivity index (χ1) is 9.54. The number of rotatable bonds is 6. The fourth-order valence-electron chi connectivity index (χ4n) is 1.93. The van der Waals surface area contributed by atoms with Gasteiger partial charge in [-0.15, -0.1) is 5.10 Å². The van der Waals surface area contributed by atoms with Gasteiger partial charge in [0.2, 0.25) is 0 Å². The zero-order valence-corrected chi connectivity index (χ0v) is 12.4. The van der Waals surface area contributed by atoms with Gasteiger partial charge in [0.1, 0.15) is 22.1 Å². The molecule has 0 aliphatic heterocycles. The van der Waals surface area contributed by atoms with Gasteiger partial charge in [-0.1, -0.05) is 11.4 Å². The largest absolute Gasteiger partial charge is 0.374 e. The molecule has 0 spiro atoms. The van der Waals surface area contributed by atoms with E-state index in [1.807, 2.05) is 0 Å². The number of aryl methyl sites for hydroxylation is 1. The van der Waals surface area contributed by atoms with E-state index in [-0.39, 0.29) is 5.69 Å². The first-order valence-electron chi connectivity index (χ1n) is 6.28.